The summed E-state index contributed by atoms with van der Waals surface area (Å²) in [6, 6.07) is 9.07. The fraction of sp³-hybridized carbons (Fsp3) is 0.714. The molecule has 2 heteroatoms. The molecule has 0 aromatic heterocycles. The summed E-state index contributed by atoms with van der Waals surface area (Å²) < 4.78 is 5.23. The monoisotopic (exact) mass is 313 g/mol. The molecule has 0 heterocycles. The van der Waals surface area contributed by atoms with Crippen molar-refractivity contribution in [3.8, 4) is 5.75 Å². The summed E-state index contributed by atoms with van der Waals surface area (Å²) in [5.41, 5.74) is 2.03. The minimum Gasteiger partial charge on any atom is -0.497 e. The van der Waals surface area contributed by atoms with Crippen LogP contribution < -0.4 is 10.1 Å². The van der Waals surface area contributed by atoms with Gasteiger partial charge in [-0.3, -0.25) is 0 Å². The topological polar surface area (TPSA) is 21.3 Å². The second-order valence-corrected chi connectivity index (χ2v) is 8.75. The first kappa shape index (κ1) is 15.5. The van der Waals surface area contributed by atoms with Gasteiger partial charge in [-0.2, -0.15) is 0 Å². The van der Waals surface area contributed by atoms with E-state index in [1.54, 1.807) is 26.4 Å². The molecule has 4 bridgehead atoms. The lowest BCUT2D eigenvalue weighted by Crippen LogP contribution is -2.48. The molecule has 23 heavy (non-hydrogen) atoms. The molecule has 126 valence electrons. The van der Waals surface area contributed by atoms with Gasteiger partial charge in [0.15, 0.2) is 0 Å². The van der Waals surface area contributed by atoms with E-state index in [4.69, 9.17) is 4.74 Å². The molecule has 1 aromatic rings. The minimum atomic E-state index is 0.619. The van der Waals surface area contributed by atoms with Crippen molar-refractivity contribution in [1.29, 1.82) is 0 Å². The van der Waals surface area contributed by atoms with Gasteiger partial charge in [0.1, 0.15) is 5.75 Å². The lowest BCUT2D eigenvalue weighted by Gasteiger charge is -2.57. The second-order valence-electron chi connectivity index (χ2n) is 8.75. The van der Waals surface area contributed by atoms with E-state index in [0.29, 0.717) is 11.5 Å². The van der Waals surface area contributed by atoms with Gasteiger partial charge in [-0.25, -0.2) is 0 Å². The van der Waals surface area contributed by atoms with Crippen molar-refractivity contribution in [2.75, 3.05) is 7.11 Å². The average molecular weight is 313 g/mol. The molecular formula is C21H31NO. The van der Waals surface area contributed by atoms with Crippen LogP contribution >= 0.6 is 0 Å². The largest absolute Gasteiger partial charge is 0.497 e. The van der Waals surface area contributed by atoms with E-state index in [-0.39, 0.29) is 0 Å². The zero-order valence-electron chi connectivity index (χ0n) is 14.7. The summed E-state index contributed by atoms with van der Waals surface area (Å²) in [5.74, 6) is 4.13. The molecule has 1 unspecified atom stereocenters. The van der Waals surface area contributed by atoms with Crippen LogP contribution in [-0.2, 0) is 6.54 Å². The summed E-state index contributed by atoms with van der Waals surface area (Å²) in [5, 5.41) is 3.77. The third-order valence-corrected chi connectivity index (χ3v) is 6.72. The molecule has 5 rings (SSSR count). The molecule has 1 atom stereocenters. The van der Waals surface area contributed by atoms with Crippen LogP contribution in [0.25, 0.3) is 0 Å². The van der Waals surface area contributed by atoms with Crippen molar-refractivity contribution in [2.24, 2.45) is 23.2 Å². The van der Waals surface area contributed by atoms with Crippen molar-refractivity contribution < 1.29 is 4.74 Å². The number of hydrogen-bond acceptors (Lipinski definition) is 2. The van der Waals surface area contributed by atoms with Crippen molar-refractivity contribution in [3.05, 3.63) is 29.8 Å². The molecular weight excluding hydrogens is 282 g/mol. The standard InChI is InChI=1S/C21H31NO/c1-15(22-14-16-3-5-20(23-2)6-4-16)10-21-11-17-7-18(12-21)9-19(8-17)13-21/h3-6,15,17-19,22H,7-14H2,1-2H3. The van der Waals surface area contributed by atoms with Gasteiger partial charge in [0.2, 0.25) is 0 Å². The zero-order valence-corrected chi connectivity index (χ0v) is 14.7. The molecule has 0 spiro atoms. The van der Waals surface area contributed by atoms with Crippen molar-refractivity contribution >= 4 is 0 Å². The number of ether oxygens (including phenoxy) is 1. The van der Waals surface area contributed by atoms with Crippen LogP contribution in [0.4, 0.5) is 0 Å². The number of rotatable bonds is 6. The summed E-state index contributed by atoms with van der Waals surface area (Å²) in [7, 11) is 1.72. The SMILES string of the molecule is COc1ccc(CNC(C)CC23CC4CC(CC(C4)C2)C3)cc1. The fourth-order valence-corrected chi connectivity index (χ4v) is 6.30. The highest BCUT2D eigenvalue weighted by atomic mass is 16.5. The molecule has 0 aliphatic heterocycles. The molecule has 1 aromatic carbocycles. The van der Waals surface area contributed by atoms with E-state index in [0.717, 1.165) is 30.0 Å². The number of methoxy groups -OCH3 is 1. The number of nitrogens with one attached hydrogen (secondary N) is 1. The maximum Gasteiger partial charge on any atom is 0.118 e. The van der Waals surface area contributed by atoms with Crippen LogP contribution in [-0.4, -0.2) is 13.2 Å². The van der Waals surface area contributed by atoms with Crippen LogP contribution in [0.2, 0.25) is 0 Å². The Hall–Kier alpha value is -1.02. The van der Waals surface area contributed by atoms with Crippen molar-refractivity contribution in [1.82, 2.24) is 5.32 Å². The van der Waals surface area contributed by atoms with Gasteiger partial charge >= 0.3 is 0 Å². The third-order valence-electron chi connectivity index (χ3n) is 6.72. The maximum atomic E-state index is 5.23. The second kappa shape index (κ2) is 6.12. The van der Waals surface area contributed by atoms with E-state index >= 15 is 0 Å². The van der Waals surface area contributed by atoms with Crippen LogP contribution in [0, 0.1) is 23.2 Å². The molecule has 1 N–H and O–H groups in total. The van der Waals surface area contributed by atoms with E-state index < -0.39 is 0 Å². The van der Waals surface area contributed by atoms with Gasteiger partial charge in [0, 0.05) is 12.6 Å². The average Bonchev–Trinajstić information content (AvgIpc) is 2.51. The van der Waals surface area contributed by atoms with Gasteiger partial charge in [0.25, 0.3) is 0 Å². The third kappa shape index (κ3) is 3.28. The van der Waals surface area contributed by atoms with E-state index in [1.165, 1.54) is 31.2 Å². The summed E-state index contributed by atoms with van der Waals surface area (Å²) in [6.07, 6.45) is 10.6. The molecule has 4 aliphatic carbocycles. The molecule has 2 nitrogen and oxygen atoms in total. The lowest BCUT2D eigenvalue weighted by atomic mass is 9.48. The predicted molar refractivity (Wildman–Crippen MR) is 94.5 cm³/mol. The highest BCUT2D eigenvalue weighted by Gasteiger charge is 2.50. The first-order chi connectivity index (χ1) is 11.1. The highest BCUT2D eigenvalue weighted by Crippen LogP contribution is 2.61. The Morgan fingerprint density at radius 2 is 1.61 bits per heavy atom. The molecule has 0 amide bonds. The van der Waals surface area contributed by atoms with Crippen molar-refractivity contribution in [2.45, 2.75) is 64.5 Å². The Bertz CT molecular complexity index is 500. The Balaban J connectivity index is 1.32. The Morgan fingerprint density at radius 3 is 2.13 bits per heavy atom. The van der Waals surface area contributed by atoms with Crippen LogP contribution in [0.1, 0.15) is 57.4 Å². The molecule has 4 saturated carbocycles. The van der Waals surface area contributed by atoms with E-state index in [2.05, 4.69) is 36.5 Å². The Labute approximate surface area is 141 Å². The highest BCUT2D eigenvalue weighted by molar-refractivity contribution is 5.27. The Kier molecular flexibility index (Phi) is 4.13. The quantitative estimate of drug-likeness (QED) is 0.816. The number of hydrogen-bond donors (Lipinski definition) is 1. The molecule has 0 radical (unpaired) electrons. The summed E-state index contributed by atoms with van der Waals surface area (Å²) >= 11 is 0. The smallest absolute Gasteiger partial charge is 0.118 e. The van der Waals surface area contributed by atoms with E-state index in [1.807, 2.05) is 0 Å². The lowest BCUT2D eigenvalue weighted by molar-refractivity contribution is -0.0612. The first-order valence-corrected chi connectivity index (χ1v) is 9.50. The van der Waals surface area contributed by atoms with Gasteiger partial charge < -0.3 is 10.1 Å². The predicted octanol–water partition coefficient (Wildman–Crippen LogP) is 4.78. The van der Waals surface area contributed by atoms with Crippen LogP contribution in [0.15, 0.2) is 24.3 Å². The van der Waals surface area contributed by atoms with Crippen molar-refractivity contribution in [3.63, 3.8) is 0 Å². The Morgan fingerprint density at radius 1 is 1.04 bits per heavy atom. The first-order valence-electron chi connectivity index (χ1n) is 9.50. The van der Waals surface area contributed by atoms with Gasteiger partial charge in [-0.05, 0) is 92.7 Å². The molecule has 4 fully saturated rings. The van der Waals surface area contributed by atoms with Gasteiger partial charge in [-0.1, -0.05) is 12.1 Å². The normalized spacial score (nSPS) is 36.2. The van der Waals surface area contributed by atoms with Gasteiger partial charge in [-0.15, -0.1) is 0 Å². The summed E-state index contributed by atoms with van der Waals surface area (Å²) in [6.45, 7) is 3.36. The number of benzene rings is 1. The zero-order chi connectivity index (χ0) is 15.9. The summed E-state index contributed by atoms with van der Waals surface area (Å²) in [4.78, 5) is 0. The van der Waals surface area contributed by atoms with Gasteiger partial charge in [0.05, 0.1) is 7.11 Å². The molecule has 0 saturated heterocycles. The molecule has 4 aliphatic rings. The minimum absolute atomic E-state index is 0.619. The van der Waals surface area contributed by atoms with E-state index in [9.17, 15) is 0 Å². The maximum absolute atomic E-state index is 5.23. The van der Waals surface area contributed by atoms with Crippen LogP contribution in [0.3, 0.4) is 0 Å². The van der Waals surface area contributed by atoms with Crippen LogP contribution in [0.5, 0.6) is 5.75 Å². The fourth-order valence-electron chi connectivity index (χ4n) is 6.30.